The number of hydrogen-bond donors (Lipinski definition) is 2. The Bertz CT molecular complexity index is 1140. The van der Waals surface area contributed by atoms with Crippen molar-refractivity contribution in [3.05, 3.63) is 88.7 Å². The minimum Gasteiger partial charge on any atom is -0.505 e. The molecule has 186 valence electrons. The molecule has 0 aromatic heterocycles. The van der Waals surface area contributed by atoms with Gasteiger partial charge in [0.25, 0.3) is 0 Å². The van der Waals surface area contributed by atoms with Crippen molar-refractivity contribution in [3.63, 3.8) is 0 Å². The Kier molecular flexibility index (Phi) is 8.17. The molecule has 1 aliphatic rings. The fourth-order valence-corrected chi connectivity index (χ4v) is 5.29. The Morgan fingerprint density at radius 2 is 1.49 bits per heavy atom. The number of aryl methyl sites for hydroxylation is 2. The van der Waals surface area contributed by atoms with Gasteiger partial charge in [-0.2, -0.15) is 0 Å². The van der Waals surface area contributed by atoms with Gasteiger partial charge in [-0.25, -0.2) is 13.2 Å². The van der Waals surface area contributed by atoms with Gasteiger partial charge in [0.05, 0.1) is 6.10 Å². The maximum Gasteiger partial charge on any atom is 0.166 e. The van der Waals surface area contributed by atoms with Gasteiger partial charge in [0.1, 0.15) is 0 Å². The van der Waals surface area contributed by atoms with Crippen LogP contribution in [0.3, 0.4) is 0 Å². The van der Waals surface area contributed by atoms with Crippen molar-refractivity contribution in [2.45, 2.75) is 70.3 Å². The molecule has 2 nitrogen and oxygen atoms in total. The molecule has 1 fully saturated rings. The summed E-state index contributed by atoms with van der Waals surface area (Å²) in [6.45, 7) is 2.06. The van der Waals surface area contributed by atoms with E-state index in [0.717, 1.165) is 49.7 Å². The lowest BCUT2D eigenvalue weighted by molar-refractivity contribution is 0.0727. The fraction of sp³-hybridized carbons (Fsp3) is 0.400. The minimum atomic E-state index is -0.817. The number of phenolic OH excluding ortho intramolecular Hbond substituents is 1. The van der Waals surface area contributed by atoms with Crippen molar-refractivity contribution in [2.24, 2.45) is 5.92 Å². The molecule has 0 amide bonds. The Hall–Kier alpha value is -2.79. The van der Waals surface area contributed by atoms with Crippen LogP contribution in [0.25, 0.3) is 11.1 Å². The largest absolute Gasteiger partial charge is 0.505 e. The minimum absolute atomic E-state index is 0.0178. The second kappa shape index (κ2) is 11.3. The molecule has 0 radical (unpaired) electrons. The predicted octanol–water partition coefficient (Wildman–Crippen LogP) is 7.70. The molecule has 1 aliphatic carbocycles. The van der Waals surface area contributed by atoms with E-state index in [1.807, 2.05) is 12.1 Å². The lowest BCUT2D eigenvalue weighted by atomic mass is 9.75. The number of halogens is 3. The quantitative estimate of drug-likeness (QED) is 0.345. The normalized spacial score (nSPS) is 19.0. The van der Waals surface area contributed by atoms with Crippen LogP contribution in [-0.4, -0.2) is 16.3 Å². The zero-order valence-corrected chi connectivity index (χ0v) is 20.1. The number of phenols is 1. The first-order chi connectivity index (χ1) is 16.9. The first-order valence-electron chi connectivity index (χ1n) is 12.6. The lowest BCUT2D eigenvalue weighted by Gasteiger charge is -2.32. The Balaban J connectivity index is 1.41. The van der Waals surface area contributed by atoms with Gasteiger partial charge in [-0.1, -0.05) is 55.8 Å². The zero-order valence-electron chi connectivity index (χ0n) is 20.1. The lowest BCUT2D eigenvalue weighted by Crippen LogP contribution is -2.25. The topological polar surface area (TPSA) is 40.5 Å². The van der Waals surface area contributed by atoms with Crippen LogP contribution in [0.5, 0.6) is 5.75 Å². The number of aliphatic hydroxyl groups excluding tert-OH is 1. The number of benzene rings is 3. The predicted molar refractivity (Wildman–Crippen MR) is 133 cm³/mol. The standard InChI is InChI=1S/C30H33F3O2/c1-2-3-27(34)23-13-11-22(12-14-23)25-16-15-24(29(32)30(25)33)21-9-6-19(7-10-21)4-5-20-8-17-28(35)26(31)18-20/h6-10,15-18,22-23,27,34-35H,2-5,11-14H2,1H3. The highest BCUT2D eigenvalue weighted by molar-refractivity contribution is 5.65. The molecule has 35 heavy (non-hydrogen) atoms. The summed E-state index contributed by atoms with van der Waals surface area (Å²) in [7, 11) is 0. The molecule has 0 spiro atoms. The van der Waals surface area contributed by atoms with Gasteiger partial charge in [-0.15, -0.1) is 0 Å². The average Bonchev–Trinajstić information content (AvgIpc) is 2.87. The summed E-state index contributed by atoms with van der Waals surface area (Å²) in [6.07, 6.45) is 5.92. The van der Waals surface area contributed by atoms with Gasteiger partial charge >= 0.3 is 0 Å². The molecule has 2 N–H and O–H groups in total. The first-order valence-corrected chi connectivity index (χ1v) is 12.6. The van der Waals surface area contributed by atoms with Crippen molar-refractivity contribution in [1.29, 1.82) is 0 Å². The zero-order chi connectivity index (χ0) is 24.9. The van der Waals surface area contributed by atoms with Crippen molar-refractivity contribution in [1.82, 2.24) is 0 Å². The van der Waals surface area contributed by atoms with Crippen LogP contribution in [0, 0.1) is 23.4 Å². The van der Waals surface area contributed by atoms with Gasteiger partial charge in [0, 0.05) is 5.56 Å². The van der Waals surface area contributed by atoms with Crippen molar-refractivity contribution in [2.75, 3.05) is 0 Å². The third-order valence-electron chi connectivity index (χ3n) is 7.43. The van der Waals surface area contributed by atoms with Crippen LogP contribution in [0.15, 0.2) is 54.6 Å². The van der Waals surface area contributed by atoms with Gasteiger partial charge in [-0.05, 0) is 91.2 Å². The maximum absolute atomic E-state index is 15.1. The summed E-state index contributed by atoms with van der Waals surface area (Å²) in [6, 6.07) is 15.1. The van der Waals surface area contributed by atoms with Crippen LogP contribution in [0.4, 0.5) is 13.2 Å². The molecule has 1 saturated carbocycles. The van der Waals surface area contributed by atoms with E-state index in [0.29, 0.717) is 24.0 Å². The van der Waals surface area contributed by atoms with Crippen LogP contribution >= 0.6 is 0 Å². The van der Waals surface area contributed by atoms with E-state index >= 15 is 8.78 Å². The van der Waals surface area contributed by atoms with Crippen LogP contribution in [0.1, 0.15) is 68.1 Å². The maximum atomic E-state index is 15.1. The van der Waals surface area contributed by atoms with E-state index < -0.39 is 17.5 Å². The summed E-state index contributed by atoms with van der Waals surface area (Å²) in [4.78, 5) is 0. The molecule has 0 heterocycles. The monoisotopic (exact) mass is 482 g/mol. The van der Waals surface area contributed by atoms with Crippen LogP contribution < -0.4 is 0 Å². The molecule has 1 unspecified atom stereocenters. The Morgan fingerprint density at radius 1 is 0.829 bits per heavy atom. The first kappa shape index (κ1) is 25.3. The van der Waals surface area contributed by atoms with Crippen molar-refractivity contribution < 1.29 is 23.4 Å². The highest BCUT2D eigenvalue weighted by Gasteiger charge is 2.29. The van der Waals surface area contributed by atoms with E-state index in [9.17, 15) is 14.6 Å². The molecule has 3 aromatic carbocycles. The summed E-state index contributed by atoms with van der Waals surface area (Å²) < 4.78 is 43.7. The third kappa shape index (κ3) is 5.90. The van der Waals surface area contributed by atoms with Crippen molar-refractivity contribution >= 4 is 0 Å². The summed E-state index contributed by atoms with van der Waals surface area (Å²) >= 11 is 0. The van der Waals surface area contributed by atoms with Gasteiger partial charge < -0.3 is 10.2 Å². The summed E-state index contributed by atoms with van der Waals surface area (Å²) in [5.74, 6) is -2.35. The number of aliphatic hydroxyl groups is 1. The van der Waals surface area contributed by atoms with Crippen LogP contribution in [0.2, 0.25) is 0 Å². The van der Waals surface area contributed by atoms with Gasteiger partial charge in [0.2, 0.25) is 0 Å². The fourth-order valence-electron chi connectivity index (χ4n) is 5.29. The van der Waals surface area contributed by atoms with Gasteiger partial charge in [0.15, 0.2) is 23.2 Å². The molecule has 0 bridgehead atoms. The second-order valence-corrected chi connectivity index (χ2v) is 9.78. The second-order valence-electron chi connectivity index (χ2n) is 9.78. The van der Waals surface area contributed by atoms with Gasteiger partial charge in [-0.3, -0.25) is 0 Å². The number of aromatic hydroxyl groups is 1. The molecular weight excluding hydrogens is 449 g/mol. The smallest absolute Gasteiger partial charge is 0.166 e. The SMILES string of the molecule is CCCC(O)C1CCC(c2ccc(-c3ccc(CCc4ccc(O)c(F)c4)cc3)c(F)c2F)CC1. The van der Waals surface area contributed by atoms with Crippen LogP contribution in [-0.2, 0) is 12.8 Å². The number of hydrogen-bond acceptors (Lipinski definition) is 2. The highest BCUT2D eigenvalue weighted by Crippen LogP contribution is 2.40. The molecule has 4 rings (SSSR count). The number of rotatable bonds is 8. The Labute approximate surface area is 205 Å². The van der Waals surface area contributed by atoms with E-state index in [1.165, 1.54) is 12.1 Å². The van der Waals surface area contributed by atoms with Crippen molar-refractivity contribution in [3.8, 4) is 16.9 Å². The van der Waals surface area contributed by atoms with E-state index in [4.69, 9.17) is 0 Å². The Morgan fingerprint density at radius 3 is 2.14 bits per heavy atom. The average molecular weight is 483 g/mol. The molecule has 0 aliphatic heterocycles. The molecule has 1 atom stereocenters. The van der Waals surface area contributed by atoms with E-state index in [2.05, 4.69) is 6.92 Å². The highest BCUT2D eigenvalue weighted by atomic mass is 19.2. The summed E-state index contributed by atoms with van der Waals surface area (Å²) in [5, 5.41) is 19.6. The molecular formula is C30H33F3O2. The summed E-state index contributed by atoms with van der Waals surface area (Å²) in [5.41, 5.74) is 3.07. The molecule has 0 saturated heterocycles. The van der Waals surface area contributed by atoms with E-state index in [1.54, 1.807) is 30.3 Å². The van der Waals surface area contributed by atoms with E-state index in [-0.39, 0.29) is 29.3 Å². The third-order valence-corrected chi connectivity index (χ3v) is 7.43. The molecule has 5 heteroatoms. The molecule has 3 aromatic rings.